The number of allylic oxidation sites excluding steroid dienone is 3. The Hall–Kier alpha value is -1.34. The van der Waals surface area contributed by atoms with Gasteiger partial charge in [0, 0.05) is 5.92 Å². The summed E-state index contributed by atoms with van der Waals surface area (Å²) < 4.78 is 0. The van der Waals surface area contributed by atoms with E-state index >= 15 is 0 Å². The monoisotopic (exact) mass is 214 g/mol. The van der Waals surface area contributed by atoms with Crippen LogP contribution in [0.5, 0.6) is 0 Å². The van der Waals surface area contributed by atoms with Crippen molar-refractivity contribution in [2.75, 3.05) is 0 Å². The lowest BCUT2D eigenvalue weighted by molar-refractivity contribution is 0.136. The van der Waals surface area contributed by atoms with Crippen LogP contribution >= 0.6 is 0 Å². The highest BCUT2D eigenvalue weighted by Crippen LogP contribution is 2.29. The van der Waals surface area contributed by atoms with E-state index in [1.807, 2.05) is 30.3 Å². The molecule has 1 aromatic carbocycles. The molecular weight excluding hydrogens is 196 g/mol. The first kappa shape index (κ1) is 11.2. The van der Waals surface area contributed by atoms with E-state index in [4.69, 9.17) is 0 Å². The SMILES string of the molecule is CC(C1=CCCC=C1)C(O)c1ccccc1. The Bertz CT molecular complexity index is 389. The van der Waals surface area contributed by atoms with Crippen LogP contribution in [-0.4, -0.2) is 5.11 Å². The second-order valence-electron chi connectivity index (χ2n) is 4.33. The first-order chi connectivity index (χ1) is 7.79. The van der Waals surface area contributed by atoms with Gasteiger partial charge in [-0.3, -0.25) is 0 Å². The molecule has 0 aromatic heterocycles. The molecule has 2 rings (SSSR count). The van der Waals surface area contributed by atoms with Crippen LogP contribution in [-0.2, 0) is 0 Å². The third-order valence-corrected chi connectivity index (χ3v) is 3.16. The smallest absolute Gasteiger partial charge is 0.0855 e. The van der Waals surface area contributed by atoms with Crippen LogP contribution in [0.1, 0.15) is 31.4 Å². The molecule has 0 spiro atoms. The van der Waals surface area contributed by atoms with E-state index < -0.39 is 6.10 Å². The van der Waals surface area contributed by atoms with Crippen LogP contribution in [0.3, 0.4) is 0 Å². The van der Waals surface area contributed by atoms with Gasteiger partial charge in [0.05, 0.1) is 6.10 Å². The van der Waals surface area contributed by atoms with E-state index in [2.05, 4.69) is 25.2 Å². The van der Waals surface area contributed by atoms with Gasteiger partial charge in [-0.15, -0.1) is 0 Å². The van der Waals surface area contributed by atoms with Crippen molar-refractivity contribution in [3.8, 4) is 0 Å². The van der Waals surface area contributed by atoms with Gasteiger partial charge in [-0.05, 0) is 24.0 Å². The largest absolute Gasteiger partial charge is 0.388 e. The quantitative estimate of drug-likeness (QED) is 0.814. The molecule has 0 fully saturated rings. The van der Waals surface area contributed by atoms with Crippen LogP contribution < -0.4 is 0 Å². The van der Waals surface area contributed by atoms with Crippen molar-refractivity contribution in [1.82, 2.24) is 0 Å². The minimum Gasteiger partial charge on any atom is -0.388 e. The maximum atomic E-state index is 10.3. The number of benzene rings is 1. The number of aliphatic hydroxyl groups is 1. The highest BCUT2D eigenvalue weighted by molar-refractivity contribution is 5.28. The Kier molecular flexibility index (Phi) is 3.58. The van der Waals surface area contributed by atoms with E-state index in [0.29, 0.717) is 0 Å². The second kappa shape index (κ2) is 5.13. The molecule has 1 aliphatic rings. The lowest BCUT2D eigenvalue weighted by Crippen LogP contribution is -2.11. The third-order valence-electron chi connectivity index (χ3n) is 3.16. The van der Waals surface area contributed by atoms with Crippen molar-refractivity contribution >= 4 is 0 Å². The topological polar surface area (TPSA) is 20.2 Å². The predicted octanol–water partition coefficient (Wildman–Crippen LogP) is 3.63. The summed E-state index contributed by atoms with van der Waals surface area (Å²) in [5.41, 5.74) is 2.25. The van der Waals surface area contributed by atoms with Crippen molar-refractivity contribution < 1.29 is 5.11 Å². The standard InChI is InChI=1S/C15H18O/c1-12(13-8-4-2-5-9-13)15(16)14-10-6-3-7-11-14/h3-4,6-12,15-16H,2,5H2,1H3. The molecule has 0 bridgehead atoms. The Morgan fingerprint density at radius 2 is 1.88 bits per heavy atom. The maximum Gasteiger partial charge on any atom is 0.0855 e. The first-order valence-electron chi connectivity index (χ1n) is 5.88. The molecule has 0 saturated carbocycles. The summed E-state index contributed by atoms with van der Waals surface area (Å²) in [7, 11) is 0. The maximum absolute atomic E-state index is 10.3. The Balaban J connectivity index is 2.13. The van der Waals surface area contributed by atoms with Crippen LogP contribution in [0.2, 0.25) is 0 Å². The molecule has 0 aliphatic heterocycles. The zero-order valence-corrected chi connectivity index (χ0v) is 9.63. The molecule has 16 heavy (non-hydrogen) atoms. The highest BCUT2D eigenvalue weighted by Gasteiger charge is 2.19. The number of hydrogen-bond acceptors (Lipinski definition) is 1. The molecule has 1 heteroatoms. The Morgan fingerprint density at radius 1 is 1.12 bits per heavy atom. The van der Waals surface area contributed by atoms with Gasteiger partial charge in [0.25, 0.3) is 0 Å². The minimum absolute atomic E-state index is 0.166. The van der Waals surface area contributed by atoms with Crippen molar-refractivity contribution in [2.24, 2.45) is 5.92 Å². The van der Waals surface area contributed by atoms with Gasteiger partial charge in [0.1, 0.15) is 0 Å². The van der Waals surface area contributed by atoms with E-state index in [0.717, 1.165) is 18.4 Å². The normalized spacial score (nSPS) is 19.0. The summed E-state index contributed by atoms with van der Waals surface area (Å²) in [6.07, 6.45) is 8.37. The lowest BCUT2D eigenvalue weighted by Gasteiger charge is -2.22. The molecule has 0 radical (unpaired) electrons. The molecule has 1 aliphatic carbocycles. The third kappa shape index (κ3) is 2.42. The van der Waals surface area contributed by atoms with Crippen LogP contribution in [0.25, 0.3) is 0 Å². The fourth-order valence-electron chi connectivity index (χ4n) is 2.09. The Morgan fingerprint density at radius 3 is 2.50 bits per heavy atom. The van der Waals surface area contributed by atoms with E-state index in [9.17, 15) is 5.11 Å². The minimum atomic E-state index is -0.407. The summed E-state index contributed by atoms with van der Waals surface area (Å²) in [4.78, 5) is 0. The number of aliphatic hydroxyl groups excluding tert-OH is 1. The van der Waals surface area contributed by atoms with Gasteiger partial charge < -0.3 is 5.11 Å². The molecule has 1 aromatic rings. The summed E-state index contributed by atoms with van der Waals surface area (Å²) in [5.74, 6) is 0.166. The fraction of sp³-hybridized carbons (Fsp3) is 0.333. The molecule has 0 saturated heterocycles. The van der Waals surface area contributed by atoms with E-state index in [1.165, 1.54) is 5.57 Å². The fourth-order valence-corrected chi connectivity index (χ4v) is 2.09. The average Bonchev–Trinajstić information content (AvgIpc) is 2.39. The van der Waals surface area contributed by atoms with Crippen molar-refractivity contribution in [3.63, 3.8) is 0 Å². The molecule has 1 N–H and O–H groups in total. The first-order valence-corrected chi connectivity index (χ1v) is 5.88. The summed E-state index contributed by atoms with van der Waals surface area (Å²) >= 11 is 0. The lowest BCUT2D eigenvalue weighted by atomic mass is 9.88. The zero-order valence-electron chi connectivity index (χ0n) is 9.63. The highest BCUT2D eigenvalue weighted by atomic mass is 16.3. The average molecular weight is 214 g/mol. The van der Waals surface area contributed by atoms with E-state index in [-0.39, 0.29) is 5.92 Å². The van der Waals surface area contributed by atoms with Gasteiger partial charge in [0.15, 0.2) is 0 Å². The van der Waals surface area contributed by atoms with Gasteiger partial charge in [0.2, 0.25) is 0 Å². The van der Waals surface area contributed by atoms with Gasteiger partial charge in [-0.2, -0.15) is 0 Å². The number of rotatable bonds is 3. The van der Waals surface area contributed by atoms with Crippen LogP contribution in [0.4, 0.5) is 0 Å². The summed E-state index contributed by atoms with van der Waals surface area (Å²) in [5, 5.41) is 10.3. The summed E-state index contributed by atoms with van der Waals surface area (Å²) in [6, 6.07) is 9.87. The van der Waals surface area contributed by atoms with Crippen molar-refractivity contribution in [2.45, 2.75) is 25.9 Å². The van der Waals surface area contributed by atoms with Gasteiger partial charge >= 0.3 is 0 Å². The molecule has 0 heterocycles. The second-order valence-corrected chi connectivity index (χ2v) is 4.33. The molecule has 2 atom stereocenters. The predicted molar refractivity (Wildman–Crippen MR) is 67.0 cm³/mol. The Labute approximate surface area is 97.1 Å². The van der Waals surface area contributed by atoms with Crippen molar-refractivity contribution in [3.05, 3.63) is 59.7 Å². The zero-order chi connectivity index (χ0) is 11.4. The van der Waals surface area contributed by atoms with Crippen LogP contribution in [0, 0.1) is 5.92 Å². The number of hydrogen-bond donors (Lipinski definition) is 1. The molecule has 0 amide bonds. The molecule has 1 nitrogen and oxygen atoms in total. The van der Waals surface area contributed by atoms with Gasteiger partial charge in [-0.25, -0.2) is 0 Å². The van der Waals surface area contributed by atoms with E-state index in [1.54, 1.807) is 0 Å². The van der Waals surface area contributed by atoms with Crippen molar-refractivity contribution in [1.29, 1.82) is 0 Å². The van der Waals surface area contributed by atoms with Crippen LogP contribution in [0.15, 0.2) is 54.1 Å². The molecule has 2 unspecified atom stereocenters. The summed E-state index contributed by atoms with van der Waals surface area (Å²) in [6.45, 7) is 2.08. The molecular formula is C15H18O. The van der Waals surface area contributed by atoms with Gasteiger partial charge in [-0.1, -0.05) is 55.5 Å². The molecule has 84 valence electrons.